The van der Waals surface area contributed by atoms with Crippen LogP contribution in [-0.4, -0.2) is 19.4 Å². The smallest absolute Gasteiger partial charge is 0.304 e. The molecule has 1 aromatic carbocycles. The van der Waals surface area contributed by atoms with Gasteiger partial charge in [0.25, 0.3) is 0 Å². The van der Waals surface area contributed by atoms with Crippen molar-refractivity contribution in [2.75, 3.05) is 13.2 Å². The molecule has 0 saturated carbocycles. The summed E-state index contributed by atoms with van der Waals surface area (Å²) in [7, 11) is -3.30. The predicted octanol–water partition coefficient (Wildman–Crippen LogP) is 4.23. The van der Waals surface area contributed by atoms with E-state index in [1.807, 2.05) is 30.3 Å². The van der Waals surface area contributed by atoms with E-state index in [4.69, 9.17) is 9.05 Å². The lowest BCUT2D eigenvalue weighted by Crippen LogP contribution is -1.98. The predicted molar refractivity (Wildman–Crippen MR) is 78.7 cm³/mol. The number of nitrogens with zero attached hydrogens (tertiary/aromatic N) is 1. The van der Waals surface area contributed by atoms with Crippen LogP contribution in [-0.2, 0) is 13.6 Å². The zero-order valence-electron chi connectivity index (χ0n) is 11.6. The van der Waals surface area contributed by atoms with Crippen LogP contribution < -0.4 is 0 Å². The molecule has 0 spiro atoms. The van der Waals surface area contributed by atoms with Crippen molar-refractivity contribution >= 4 is 13.8 Å². The van der Waals surface area contributed by atoms with Crippen molar-refractivity contribution in [1.29, 1.82) is 0 Å². The van der Waals surface area contributed by atoms with Crippen molar-refractivity contribution in [3.8, 4) is 0 Å². The third-order valence-electron chi connectivity index (χ3n) is 2.28. The Labute approximate surface area is 114 Å². The lowest BCUT2D eigenvalue weighted by atomic mass is 10.2. The first-order chi connectivity index (χ1) is 9.16. The van der Waals surface area contributed by atoms with E-state index in [9.17, 15) is 4.57 Å². The van der Waals surface area contributed by atoms with Crippen LogP contribution in [0.2, 0.25) is 0 Å². The molecule has 19 heavy (non-hydrogen) atoms. The van der Waals surface area contributed by atoms with Gasteiger partial charge in [-0.15, -0.1) is 0 Å². The summed E-state index contributed by atoms with van der Waals surface area (Å²) < 4.78 is 23.1. The highest BCUT2D eigenvalue weighted by molar-refractivity contribution is 7.58. The Balaban J connectivity index is 2.94. The van der Waals surface area contributed by atoms with Crippen LogP contribution >= 0.6 is 7.60 Å². The number of hydrogen-bond donors (Lipinski definition) is 0. The molecule has 1 rings (SSSR count). The van der Waals surface area contributed by atoms with E-state index in [-0.39, 0.29) is 0 Å². The maximum absolute atomic E-state index is 12.5. The van der Waals surface area contributed by atoms with E-state index in [1.54, 1.807) is 33.1 Å². The van der Waals surface area contributed by atoms with E-state index in [0.717, 1.165) is 5.56 Å². The minimum atomic E-state index is -3.30. The highest BCUT2D eigenvalue weighted by Gasteiger charge is 2.28. The summed E-state index contributed by atoms with van der Waals surface area (Å²) in [6.07, 6.45) is 3.31. The van der Waals surface area contributed by atoms with E-state index >= 15 is 0 Å². The largest absolute Gasteiger partial charge is 0.379 e. The van der Waals surface area contributed by atoms with Crippen LogP contribution in [0.15, 0.2) is 46.8 Å². The van der Waals surface area contributed by atoms with Gasteiger partial charge in [0.2, 0.25) is 0 Å². The molecule has 0 aliphatic carbocycles. The zero-order chi connectivity index (χ0) is 14.1. The van der Waals surface area contributed by atoms with Crippen molar-refractivity contribution in [2.45, 2.75) is 20.8 Å². The van der Waals surface area contributed by atoms with Crippen molar-refractivity contribution in [3.05, 3.63) is 47.4 Å². The first-order valence-corrected chi connectivity index (χ1v) is 7.85. The van der Waals surface area contributed by atoms with Gasteiger partial charge < -0.3 is 9.05 Å². The third-order valence-corrected chi connectivity index (χ3v) is 4.41. The van der Waals surface area contributed by atoms with Gasteiger partial charge in [0.05, 0.1) is 13.2 Å². The Morgan fingerprint density at radius 2 is 1.79 bits per heavy atom. The van der Waals surface area contributed by atoms with E-state index in [0.29, 0.717) is 18.7 Å². The van der Waals surface area contributed by atoms with Gasteiger partial charge in [-0.05, 0) is 26.3 Å². The molecular weight excluding hydrogens is 261 g/mol. The molecule has 0 aromatic heterocycles. The molecule has 0 saturated heterocycles. The topological polar surface area (TPSA) is 47.9 Å². The average Bonchev–Trinajstić information content (AvgIpc) is 2.41. The first kappa shape index (κ1) is 15.8. The maximum Gasteiger partial charge on any atom is 0.379 e. The summed E-state index contributed by atoms with van der Waals surface area (Å²) >= 11 is 0. The van der Waals surface area contributed by atoms with E-state index < -0.39 is 7.60 Å². The number of benzene rings is 1. The zero-order valence-corrected chi connectivity index (χ0v) is 12.5. The Bertz CT molecular complexity index is 473. The lowest BCUT2D eigenvalue weighted by Gasteiger charge is -2.16. The fourth-order valence-corrected chi connectivity index (χ4v) is 3.03. The highest BCUT2D eigenvalue weighted by Crippen LogP contribution is 2.56. The quantitative estimate of drug-likeness (QED) is 0.555. The van der Waals surface area contributed by atoms with Gasteiger partial charge in [0, 0.05) is 6.21 Å². The summed E-state index contributed by atoms with van der Waals surface area (Å²) in [5.41, 5.74) is 1.27. The fourth-order valence-electron chi connectivity index (χ4n) is 1.49. The van der Waals surface area contributed by atoms with E-state index in [2.05, 4.69) is 4.99 Å². The number of rotatable bonds is 7. The second kappa shape index (κ2) is 8.05. The Morgan fingerprint density at radius 1 is 1.21 bits per heavy atom. The summed E-state index contributed by atoms with van der Waals surface area (Å²) in [6, 6.07) is 9.61. The average molecular weight is 281 g/mol. The molecule has 4 nitrogen and oxygen atoms in total. The van der Waals surface area contributed by atoms with Gasteiger partial charge in [-0.1, -0.05) is 36.4 Å². The molecule has 1 aromatic rings. The molecule has 0 bridgehead atoms. The molecular formula is C14H20NO3P. The van der Waals surface area contributed by atoms with Gasteiger partial charge >= 0.3 is 7.60 Å². The molecule has 0 fully saturated rings. The monoisotopic (exact) mass is 281 g/mol. The maximum atomic E-state index is 12.5. The van der Waals surface area contributed by atoms with Crippen LogP contribution in [0.3, 0.4) is 0 Å². The first-order valence-electron chi connectivity index (χ1n) is 6.31. The van der Waals surface area contributed by atoms with Crippen LogP contribution in [0.5, 0.6) is 0 Å². The normalized spacial score (nSPS) is 13.1. The molecule has 0 aliphatic rings. The SMILES string of the molecule is C/C=C(/N=C/c1ccccc1)P(=O)(OCC)OCC. The summed E-state index contributed by atoms with van der Waals surface area (Å²) in [5.74, 6) is 0. The Hall–Kier alpha value is -1.22. The lowest BCUT2D eigenvalue weighted by molar-refractivity contribution is 0.226. The van der Waals surface area contributed by atoms with Gasteiger partial charge in [-0.3, -0.25) is 4.57 Å². The number of hydrogen-bond acceptors (Lipinski definition) is 4. The van der Waals surface area contributed by atoms with Gasteiger partial charge in [-0.25, -0.2) is 4.99 Å². The van der Waals surface area contributed by atoms with Gasteiger partial charge in [-0.2, -0.15) is 0 Å². The Kier molecular flexibility index (Phi) is 6.71. The van der Waals surface area contributed by atoms with E-state index in [1.165, 1.54) is 0 Å². The second-order valence-electron chi connectivity index (χ2n) is 3.65. The summed E-state index contributed by atoms with van der Waals surface area (Å²) in [5, 5.41) is 0. The molecule has 0 unspecified atom stereocenters. The molecule has 0 aliphatic heterocycles. The minimum absolute atomic E-state index is 0.315. The number of allylic oxidation sites excluding steroid dienone is 1. The molecule has 0 atom stereocenters. The van der Waals surface area contributed by atoms with Crippen molar-refractivity contribution in [2.24, 2.45) is 4.99 Å². The van der Waals surface area contributed by atoms with Gasteiger partial charge in [0.1, 0.15) is 5.44 Å². The van der Waals surface area contributed by atoms with Crippen LogP contribution in [0.1, 0.15) is 26.3 Å². The molecule has 0 heterocycles. The highest BCUT2D eigenvalue weighted by atomic mass is 31.2. The van der Waals surface area contributed by atoms with Crippen LogP contribution in [0, 0.1) is 0 Å². The van der Waals surface area contributed by atoms with Crippen LogP contribution in [0.4, 0.5) is 0 Å². The minimum Gasteiger partial charge on any atom is -0.304 e. The fraction of sp³-hybridized carbons (Fsp3) is 0.357. The summed E-state index contributed by atoms with van der Waals surface area (Å²) in [4.78, 5) is 4.24. The van der Waals surface area contributed by atoms with Crippen molar-refractivity contribution in [3.63, 3.8) is 0 Å². The molecule has 0 N–H and O–H groups in total. The van der Waals surface area contributed by atoms with Crippen molar-refractivity contribution < 1.29 is 13.6 Å². The number of aliphatic imine (C=N–C) groups is 1. The molecule has 0 radical (unpaired) electrons. The Morgan fingerprint density at radius 3 is 2.26 bits per heavy atom. The second-order valence-corrected chi connectivity index (χ2v) is 5.62. The molecule has 5 heteroatoms. The molecule has 0 amide bonds. The summed E-state index contributed by atoms with van der Waals surface area (Å²) in [6.45, 7) is 5.95. The van der Waals surface area contributed by atoms with Crippen LogP contribution in [0.25, 0.3) is 0 Å². The standard InChI is InChI=1S/C14H20NO3P/c1-4-14(19(16,17-5-2)18-6-3)15-12-13-10-8-7-9-11-13/h4,7-12H,5-6H2,1-3H3/b14-4-,15-12+. The van der Waals surface area contributed by atoms with Gasteiger partial charge in [0.15, 0.2) is 0 Å². The molecule has 104 valence electrons. The third kappa shape index (κ3) is 4.75. The van der Waals surface area contributed by atoms with Crippen molar-refractivity contribution in [1.82, 2.24) is 0 Å².